The molecule has 1 aliphatic heterocycles. The predicted octanol–water partition coefficient (Wildman–Crippen LogP) is 4.31. The van der Waals surface area contributed by atoms with E-state index >= 15 is 0 Å². The first kappa shape index (κ1) is 16.6. The van der Waals surface area contributed by atoms with E-state index in [-0.39, 0.29) is 6.10 Å². The first-order chi connectivity index (χ1) is 11.6. The molecule has 3 rings (SSSR count). The predicted molar refractivity (Wildman–Crippen MR) is 98.3 cm³/mol. The maximum atomic E-state index is 5.88. The molecule has 0 radical (unpaired) electrons. The Morgan fingerprint density at radius 3 is 2.58 bits per heavy atom. The van der Waals surface area contributed by atoms with E-state index in [1.165, 1.54) is 19.3 Å². The molecule has 1 aromatic heterocycles. The summed E-state index contributed by atoms with van der Waals surface area (Å²) in [5.74, 6) is 3.43. The molecule has 1 aromatic carbocycles. The molecule has 0 aliphatic carbocycles. The van der Waals surface area contributed by atoms with Crippen LogP contribution in [0.1, 0.15) is 38.9 Å². The van der Waals surface area contributed by atoms with E-state index in [4.69, 9.17) is 4.74 Å². The molecule has 0 bridgehead atoms. The lowest BCUT2D eigenvalue weighted by Crippen LogP contribution is -2.30. The number of hydrogen-bond donors (Lipinski definition) is 1. The molecule has 1 aliphatic rings. The molecule has 2 heterocycles. The van der Waals surface area contributed by atoms with E-state index in [0.29, 0.717) is 0 Å². The number of nitrogens with one attached hydrogen (secondary N) is 1. The second-order valence-electron chi connectivity index (χ2n) is 6.49. The number of benzene rings is 1. The van der Waals surface area contributed by atoms with Gasteiger partial charge in [-0.15, -0.1) is 0 Å². The highest BCUT2D eigenvalue weighted by Gasteiger charge is 2.14. The zero-order chi connectivity index (χ0) is 16.9. The molecule has 0 atom stereocenters. The fourth-order valence-corrected chi connectivity index (χ4v) is 2.97. The minimum atomic E-state index is 0.129. The van der Waals surface area contributed by atoms with Crippen molar-refractivity contribution in [2.75, 3.05) is 23.3 Å². The van der Waals surface area contributed by atoms with Gasteiger partial charge in [-0.2, -0.15) is 0 Å². The quantitative estimate of drug-likeness (QED) is 0.887. The summed E-state index contributed by atoms with van der Waals surface area (Å²) in [7, 11) is 0. The fraction of sp³-hybridized carbons (Fsp3) is 0.474. The minimum absolute atomic E-state index is 0.129. The number of ether oxygens (including phenoxy) is 1. The average Bonchev–Trinajstić information content (AvgIpc) is 2.56. The van der Waals surface area contributed by atoms with Gasteiger partial charge in [-0.3, -0.25) is 0 Å². The van der Waals surface area contributed by atoms with Gasteiger partial charge in [0.2, 0.25) is 0 Å². The molecule has 1 N–H and O–H groups in total. The maximum absolute atomic E-state index is 5.88. The summed E-state index contributed by atoms with van der Waals surface area (Å²) >= 11 is 0. The number of aryl methyl sites for hydroxylation is 1. The molecule has 0 saturated carbocycles. The zero-order valence-electron chi connectivity index (χ0n) is 14.7. The number of hydrogen-bond acceptors (Lipinski definition) is 5. The first-order valence-electron chi connectivity index (χ1n) is 8.75. The lowest BCUT2D eigenvalue weighted by molar-refractivity contribution is 0.244. The van der Waals surface area contributed by atoms with Crippen molar-refractivity contribution in [2.24, 2.45) is 0 Å². The topological polar surface area (TPSA) is 50.3 Å². The summed E-state index contributed by atoms with van der Waals surface area (Å²) in [5, 5.41) is 3.40. The van der Waals surface area contributed by atoms with Gasteiger partial charge < -0.3 is 15.0 Å². The summed E-state index contributed by atoms with van der Waals surface area (Å²) in [4.78, 5) is 11.5. The zero-order valence-corrected chi connectivity index (χ0v) is 14.7. The summed E-state index contributed by atoms with van der Waals surface area (Å²) in [6, 6.07) is 9.99. The van der Waals surface area contributed by atoms with Gasteiger partial charge in [0, 0.05) is 19.2 Å². The molecule has 0 unspecified atom stereocenters. The lowest BCUT2D eigenvalue weighted by atomic mass is 10.1. The molecule has 0 spiro atoms. The van der Waals surface area contributed by atoms with Gasteiger partial charge in [0.1, 0.15) is 23.2 Å². The van der Waals surface area contributed by atoms with Crippen molar-refractivity contribution in [2.45, 2.75) is 46.1 Å². The summed E-state index contributed by atoms with van der Waals surface area (Å²) in [5.41, 5.74) is 0.925. The van der Waals surface area contributed by atoms with Gasteiger partial charge in [-0.1, -0.05) is 12.1 Å². The van der Waals surface area contributed by atoms with Crippen molar-refractivity contribution in [3.8, 4) is 5.75 Å². The van der Waals surface area contributed by atoms with Crippen molar-refractivity contribution in [3.05, 3.63) is 36.2 Å². The number of para-hydroxylation sites is 2. The van der Waals surface area contributed by atoms with Crippen LogP contribution in [0.3, 0.4) is 0 Å². The van der Waals surface area contributed by atoms with E-state index in [1.54, 1.807) is 0 Å². The van der Waals surface area contributed by atoms with E-state index < -0.39 is 0 Å². The van der Waals surface area contributed by atoms with Crippen molar-refractivity contribution in [1.82, 2.24) is 9.97 Å². The SMILES string of the molecule is Cc1nc(Nc2ccccc2OC(C)C)cc(N2CCCCC2)n1. The van der Waals surface area contributed by atoms with Crippen LogP contribution in [-0.2, 0) is 0 Å². The molecule has 1 fully saturated rings. The van der Waals surface area contributed by atoms with Gasteiger partial charge in [0.15, 0.2) is 0 Å². The number of nitrogens with zero attached hydrogens (tertiary/aromatic N) is 3. The van der Waals surface area contributed by atoms with Gasteiger partial charge >= 0.3 is 0 Å². The van der Waals surface area contributed by atoms with Crippen LogP contribution in [-0.4, -0.2) is 29.2 Å². The smallest absolute Gasteiger partial charge is 0.143 e. The molecule has 24 heavy (non-hydrogen) atoms. The number of anilines is 3. The first-order valence-corrected chi connectivity index (χ1v) is 8.75. The number of aromatic nitrogens is 2. The third-order valence-corrected chi connectivity index (χ3v) is 4.02. The maximum Gasteiger partial charge on any atom is 0.143 e. The molecule has 0 amide bonds. The van der Waals surface area contributed by atoms with Crippen molar-refractivity contribution in [1.29, 1.82) is 0 Å². The molecular weight excluding hydrogens is 300 g/mol. The second-order valence-corrected chi connectivity index (χ2v) is 6.49. The van der Waals surface area contributed by atoms with Crippen LogP contribution >= 0.6 is 0 Å². The van der Waals surface area contributed by atoms with E-state index in [1.807, 2.05) is 51.1 Å². The summed E-state index contributed by atoms with van der Waals surface area (Å²) in [6.07, 6.45) is 3.91. The Balaban J connectivity index is 1.84. The summed E-state index contributed by atoms with van der Waals surface area (Å²) < 4.78 is 5.88. The molecule has 5 nitrogen and oxygen atoms in total. The van der Waals surface area contributed by atoms with E-state index in [2.05, 4.69) is 20.2 Å². The molecule has 2 aromatic rings. The fourth-order valence-electron chi connectivity index (χ4n) is 2.97. The van der Waals surface area contributed by atoms with E-state index in [0.717, 1.165) is 42.0 Å². The Kier molecular flexibility index (Phi) is 5.18. The van der Waals surface area contributed by atoms with Crippen LogP contribution in [0.15, 0.2) is 30.3 Å². The van der Waals surface area contributed by atoms with Crippen molar-refractivity contribution in [3.63, 3.8) is 0 Å². The third-order valence-electron chi connectivity index (χ3n) is 4.02. The number of rotatable bonds is 5. The van der Waals surface area contributed by atoms with Gasteiger partial charge in [0.05, 0.1) is 11.8 Å². The van der Waals surface area contributed by atoms with Crippen LogP contribution in [0.2, 0.25) is 0 Å². The monoisotopic (exact) mass is 326 g/mol. The Labute approximate surface area is 144 Å². The van der Waals surface area contributed by atoms with Crippen LogP contribution in [0, 0.1) is 6.92 Å². The highest BCUT2D eigenvalue weighted by atomic mass is 16.5. The summed E-state index contributed by atoms with van der Waals surface area (Å²) in [6.45, 7) is 8.14. The third kappa shape index (κ3) is 4.16. The highest BCUT2D eigenvalue weighted by molar-refractivity contribution is 5.65. The Morgan fingerprint density at radius 2 is 1.83 bits per heavy atom. The molecule has 5 heteroatoms. The largest absolute Gasteiger partial charge is 0.489 e. The van der Waals surface area contributed by atoms with Crippen LogP contribution in [0.5, 0.6) is 5.75 Å². The Bertz CT molecular complexity index is 681. The lowest BCUT2D eigenvalue weighted by Gasteiger charge is -2.28. The normalized spacial score (nSPS) is 14.8. The van der Waals surface area contributed by atoms with Crippen LogP contribution in [0.4, 0.5) is 17.3 Å². The van der Waals surface area contributed by atoms with Gasteiger partial charge in [0.25, 0.3) is 0 Å². The highest BCUT2D eigenvalue weighted by Crippen LogP contribution is 2.29. The second kappa shape index (κ2) is 7.51. The van der Waals surface area contributed by atoms with Crippen molar-refractivity contribution >= 4 is 17.3 Å². The Morgan fingerprint density at radius 1 is 1.08 bits per heavy atom. The van der Waals surface area contributed by atoms with Gasteiger partial charge in [-0.05, 0) is 52.2 Å². The Hall–Kier alpha value is -2.30. The van der Waals surface area contributed by atoms with Crippen LogP contribution in [0.25, 0.3) is 0 Å². The standard InChI is InChI=1S/C19H26N4O/c1-14(2)24-17-10-6-5-9-16(17)22-18-13-19(21-15(3)20-18)23-11-7-4-8-12-23/h5-6,9-10,13-14H,4,7-8,11-12H2,1-3H3,(H,20,21,22). The molecule has 128 valence electrons. The minimum Gasteiger partial charge on any atom is -0.489 e. The van der Waals surface area contributed by atoms with E-state index in [9.17, 15) is 0 Å². The van der Waals surface area contributed by atoms with Gasteiger partial charge in [-0.25, -0.2) is 9.97 Å². The van der Waals surface area contributed by atoms with Crippen molar-refractivity contribution < 1.29 is 4.74 Å². The average molecular weight is 326 g/mol. The number of piperidine rings is 1. The van der Waals surface area contributed by atoms with Crippen LogP contribution < -0.4 is 15.0 Å². The molecule has 1 saturated heterocycles. The molecular formula is C19H26N4O.